The molecule has 2 unspecified atom stereocenters. The van der Waals surface area contributed by atoms with Gasteiger partial charge in [-0.3, -0.25) is 0 Å². The molecule has 0 heterocycles. The van der Waals surface area contributed by atoms with Crippen LogP contribution in [0.4, 0.5) is 0 Å². The zero-order chi connectivity index (χ0) is 7.40. The van der Waals surface area contributed by atoms with Crippen LogP contribution in [0.1, 0.15) is 45.4 Å². The first-order chi connectivity index (χ1) is 4.83. The Balaban J connectivity index is 0. The average Bonchev–Trinajstić information content (AvgIpc) is 2.14. The fourth-order valence-electron chi connectivity index (χ4n) is 1.85. The Bertz CT molecular complexity index is 91.0. The van der Waals surface area contributed by atoms with E-state index in [2.05, 4.69) is 13.8 Å². The van der Waals surface area contributed by atoms with Crippen LogP contribution in [0.25, 0.3) is 0 Å². The van der Waals surface area contributed by atoms with Gasteiger partial charge in [-0.15, -0.1) is 0 Å². The van der Waals surface area contributed by atoms with Crippen LogP contribution in [0.5, 0.6) is 0 Å². The van der Waals surface area contributed by atoms with Crippen LogP contribution < -0.4 is 68.9 Å². The average molecular weight is 287 g/mol. The molecular weight excluding hydrogens is 265 g/mol. The van der Waals surface area contributed by atoms with Crippen molar-refractivity contribution in [1.82, 2.24) is 0 Å². The van der Waals surface area contributed by atoms with Crippen molar-refractivity contribution in [2.45, 2.75) is 45.4 Å². The zero-order valence-electron chi connectivity index (χ0n) is 9.10. The van der Waals surface area contributed by atoms with E-state index in [1.807, 2.05) is 0 Å². The van der Waals surface area contributed by atoms with E-state index in [0.717, 1.165) is 18.3 Å². The van der Waals surface area contributed by atoms with E-state index in [4.69, 9.17) is 0 Å². The Labute approximate surface area is 138 Å². The summed E-state index contributed by atoms with van der Waals surface area (Å²) in [4.78, 5) is 0. The van der Waals surface area contributed by atoms with Crippen molar-refractivity contribution in [3.8, 4) is 0 Å². The molecule has 1 aliphatic carbocycles. The number of hydrogen-bond acceptors (Lipinski definition) is 0. The molecule has 1 heteroatoms. The largest absolute Gasteiger partial charge is 1.00 e. The maximum Gasteiger partial charge on any atom is 1.00 e. The van der Waals surface area contributed by atoms with Gasteiger partial charge in [0.1, 0.15) is 0 Å². The summed E-state index contributed by atoms with van der Waals surface area (Å²) in [5.41, 5.74) is 0. The third kappa shape index (κ3) is 6.50. The monoisotopic (exact) mass is 287 g/mol. The first-order valence-corrected chi connectivity index (χ1v) is 4.62. The molecule has 0 N–H and O–H groups in total. The van der Waals surface area contributed by atoms with Gasteiger partial charge in [0, 0.05) is 0 Å². The van der Waals surface area contributed by atoms with Crippen LogP contribution in [0.15, 0.2) is 0 Å². The van der Waals surface area contributed by atoms with Gasteiger partial charge in [0.05, 0.1) is 0 Å². The Morgan fingerprint density at radius 3 is 2.42 bits per heavy atom. The molecule has 0 spiro atoms. The van der Waals surface area contributed by atoms with Crippen LogP contribution >= 0.6 is 0 Å². The second-order valence-corrected chi connectivity index (χ2v) is 3.77. The van der Waals surface area contributed by atoms with Gasteiger partial charge in [0.2, 0.25) is 0 Å². The van der Waals surface area contributed by atoms with E-state index < -0.39 is 0 Å². The molecule has 0 aromatic rings. The number of rotatable bonds is 1. The Kier molecular flexibility index (Phi) is 13.2. The predicted molar refractivity (Wildman–Crippen MR) is 52.1 cm³/mol. The molecule has 12 heavy (non-hydrogen) atoms. The van der Waals surface area contributed by atoms with Crippen molar-refractivity contribution < 1.29 is 68.9 Å². The normalized spacial score (nSPS) is 29.5. The molecule has 0 saturated heterocycles. The van der Waals surface area contributed by atoms with Crippen LogP contribution in [-0.2, 0) is 0 Å². The maximum absolute atomic E-state index is 3.98. The molecular formula is C11H22Cs-. The molecule has 1 fully saturated rings. The minimum atomic E-state index is 0. The van der Waals surface area contributed by atoms with Crippen LogP contribution in [-0.4, -0.2) is 0 Å². The van der Waals surface area contributed by atoms with Crippen molar-refractivity contribution in [1.29, 1.82) is 0 Å². The van der Waals surface area contributed by atoms with E-state index in [-0.39, 0.29) is 76.3 Å². The second kappa shape index (κ2) is 9.60. The molecule has 2 atom stereocenters. The molecule has 0 aromatic carbocycles. The minimum Gasteiger partial charge on any atom is -0.358 e. The smallest absolute Gasteiger partial charge is 0.358 e. The molecule has 1 saturated carbocycles. The summed E-state index contributed by atoms with van der Waals surface area (Å²) in [7, 11) is 0. The Hall–Kier alpha value is 2.05. The molecule has 1 rings (SSSR count). The van der Waals surface area contributed by atoms with Crippen molar-refractivity contribution in [3.63, 3.8) is 0 Å². The third-order valence-electron chi connectivity index (χ3n) is 2.79. The molecule has 0 nitrogen and oxygen atoms in total. The van der Waals surface area contributed by atoms with Crippen LogP contribution in [0.3, 0.4) is 0 Å². The standard InChI is InChI=1S/C10H19.CH3.Cs/c1-3-10-6-4-5-9(2)7-8-10;;/h9-10H,1,3-8H2,2H3;1H3;/q2*-1;+1. The Morgan fingerprint density at radius 2 is 1.83 bits per heavy atom. The summed E-state index contributed by atoms with van der Waals surface area (Å²) in [5.74, 6) is 1.93. The van der Waals surface area contributed by atoms with Crippen molar-refractivity contribution in [3.05, 3.63) is 14.4 Å². The van der Waals surface area contributed by atoms with Crippen molar-refractivity contribution >= 4 is 0 Å². The molecule has 68 valence electrons. The van der Waals surface area contributed by atoms with Crippen molar-refractivity contribution in [2.75, 3.05) is 0 Å². The topological polar surface area (TPSA) is 0 Å². The van der Waals surface area contributed by atoms with Crippen LogP contribution in [0.2, 0.25) is 0 Å². The fraction of sp³-hybridized carbons (Fsp3) is 0.818. The zero-order valence-corrected chi connectivity index (χ0v) is 15.4. The maximum atomic E-state index is 3.98. The summed E-state index contributed by atoms with van der Waals surface area (Å²) in [5, 5.41) is 0. The second-order valence-electron chi connectivity index (χ2n) is 3.77. The summed E-state index contributed by atoms with van der Waals surface area (Å²) >= 11 is 0. The fourth-order valence-corrected chi connectivity index (χ4v) is 1.85. The molecule has 0 amide bonds. The predicted octanol–water partition coefficient (Wildman–Crippen LogP) is 0.881. The van der Waals surface area contributed by atoms with Gasteiger partial charge in [-0.05, 0) is 5.92 Å². The molecule has 1 aliphatic rings. The summed E-state index contributed by atoms with van der Waals surface area (Å²) in [6, 6.07) is 0. The summed E-state index contributed by atoms with van der Waals surface area (Å²) in [6.07, 6.45) is 8.38. The first kappa shape index (κ1) is 16.5. The Morgan fingerprint density at radius 1 is 1.17 bits per heavy atom. The van der Waals surface area contributed by atoms with Gasteiger partial charge in [-0.1, -0.05) is 44.9 Å². The molecule has 0 bridgehead atoms. The van der Waals surface area contributed by atoms with Gasteiger partial charge in [-0.2, -0.15) is 6.42 Å². The minimum absolute atomic E-state index is 0. The van der Waals surface area contributed by atoms with E-state index >= 15 is 0 Å². The van der Waals surface area contributed by atoms with Gasteiger partial charge >= 0.3 is 68.9 Å². The van der Waals surface area contributed by atoms with E-state index in [9.17, 15) is 0 Å². The van der Waals surface area contributed by atoms with Crippen LogP contribution in [0, 0.1) is 26.2 Å². The summed E-state index contributed by atoms with van der Waals surface area (Å²) < 4.78 is 0. The summed E-state index contributed by atoms with van der Waals surface area (Å²) in [6.45, 7) is 6.36. The SMILES string of the molecule is [CH2-]CC1CCCC(C)CC1.[CH3-].[Cs+]. The molecule has 0 aromatic heterocycles. The first-order valence-electron chi connectivity index (χ1n) is 4.62. The third-order valence-corrected chi connectivity index (χ3v) is 2.79. The van der Waals surface area contributed by atoms with Gasteiger partial charge in [-0.25, -0.2) is 0 Å². The van der Waals surface area contributed by atoms with E-state index in [0.29, 0.717) is 0 Å². The van der Waals surface area contributed by atoms with Gasteiger partial charge in [0.25, 0.3) is 0 Å². The quantitative estimate of drug-likeness (QED) is 0.496. The molecule has 0 aliphatic heterocycles. The van der Waals surface area contributed by atoms with E-state index in [1.54, 1.807) is 0 Å². The van der Waals surface area contributed by atoms with E-state index in [1.165, 1.54) is 32.1 Å². The molecule has 0 radical (unpaired) electrons. The van der Waals surface area contributed by atoms with Gasteiger partial charge < -0.3 is 14.4 Å². The number of hydrogen-bond donors (Lipinski definition) is 0. The van der Waals surface area contributed by atoms with Crippen molar-refractivity contribution in [2.24, 2.45) is 11.8 Å². The van der Waals surface area contributed by atoms with Gasteiger partial charge in [0.15, 0.2) is 0 Å².